The van der Waals surface area contributed by atoms with Crippen molar-refractivity contribution >= 4 is 12.1 Å². The Kier molecular flexibility index (Phi) is 3.71. The third-order valence-electron chi connectivity index (χ3n) is 3.57. The Hall–Kier alpha value is -1.30. The van der Waals surface area contributed by atoms with Gasteiger partial charge in [-0.1, -0.05) is 0 Å². The number of ether oxygens (including phenoxy) is 1. The summed E-state index contributed by atoms with van der Waals surface area (Å²) >= 11 is 0. The summed E-state index contributed by atoms with van der Waals surface area (Å²) in [4.78, 5) is 26.3. The molecule has 2 saturated heterocycles. The minimum absolute atomic E-state index is 0.0967. The van der Waals surface area contributed by atoms with E-state index in [0.29, 0.717) is 24.9 Å². The molecular weight excluding hydrogens is 248 g/mol. The third-order valence-corrected chi connectivity index (χ3v) is 3.57. The fourth-order valence-electron chi connectivity index (χ4n) is 2.89. The number of nitrogens with zero attached hydrogens (tertiary/aromatic N) is 2. The minimum atomic E-state index is -0.788. The van der Waals surface area contributed by atoms with Gasteiger partial charge in [-0.25, -0.2) is 4.79 Å². The van der Waals surface area contributed by atoms with E-state index in [-0.39, 0.29) is 12.6 Å². The summed E-state index contributed by atoms with van der Waals surface area (Å²) in [7, 11) is 0. The van der Waals surface area contributed by atoms with Gasteiger partial charge < -0.3 is 14.7 Å². The number of hydrogen-bond acceptors (Lipinski definition) is 4. The molecule has 0 aromatic rings. The average molecular weight is 270 g/mol. The van der Waals surface area contributed by atoms with Crippen LogP contribution in [0, 0.1) is 11.8 Å². The first-order valence-electron chi connectivity index (χ1n) is 6.66. The predicted octanol–water partition coefficient (Wildman–Crippen LogP) is 0.870. The molecule has 2 atom stereocenters. The van der Waals surface area contributed by atoms with Crippen molar-refractivity contribution in [3.05, 3.63) is 0 Å². The van der Waals surface area contributed by atoms with E-state index in [2.05, 4.69) is 0 Å². The molecule has 6 heteroatoms. The molecule has 0 aromatic carbocycles. The maximum atomic E-state index is 11.9. The molecule has 6 nitrogen and oxygen atoms in total. The summed E-state index contributed by atoms with van der Waals surface area (Å²) in [6.07, 6.45) is -0.258. The minimum Gasteiger partial charge on any atom is -0.480 e. The highest BCUT2D eigenvalue weighted by atomic mass is 16.6. The zero-order chi connectivity index (χ0) is 14.2. The molecule has 0 aliphatic carbocycles. The van der Waals surface area contributed by atoms with Gasteiger partial charge in [0.2, 0.25) is 0 Å². The van der Waals surface area contributed by atoms with Gasteiger partial charge in [0.25, 0.3) is 0 Å². The van der Waals surface area contributed by atoms with Crippen LogP contribution in [-0.2, 0) is 9.53 Å². The second-order valence-electron chi connectivity index (χ2n) is 6.49. The Bertz CT molecular complexity index is 363. The van der Waals surface area contributed by atoms with E-state index in [1.54, 1.807) is 4.90 Å². The van der Waals surface area contributed by atoms with Crippen molar-refractivity contribution in [3.8, 4) is 0 Å². The molecule has 108 valence electrons. The Morgan fingerprint density at radius 3 is 2.11 bits per heavy atom. The van der Waals surface area contributed by atoms with Gasteiger partial charge in [0.15, 0.2) is 0 Å². The van der Waals surface area contributed by atoms with E-state index in [4.69, 9.17) is 9.84 Å². The van der Waals surface area contributed by atoms with Gasteiger partial charge in [-0.05, 0) is 32.6 Å². The summed E-state index contributed by atoms with van der Waals surface area (Å²) < 4.78 is 5.36. The van der Waals surface area contributed by atoms with Gasteiger partial charge in [-0.3, -0.25) is 9.69 Å². The molecule has 2 aliphatic rings. The summed E-state index contributed by atoms with van der Waals surface area (Å²) in [5.74, 6) is -0.0253. The highest BCUT2D eigenvalue weighted by molar-refractivity contribution is 5.69. The Balaban J connectivity index is 1.84. The van der Waals surface area contributed by atoms with E-state index in [0.717, 1.165) is 13.1 Å². The molecular formula is C13H22N2O4. The highest BCUT2D eigenvalue weighted by Crippen LogP contribution is 2.31. The summed E-state index contributed by atoms with van der Waals surface area (Å²) in [5.41, 5.74) is -0.468. The fraction of sp³-hybridized carbons (Fsp3) is 0.846. The molecule has 1 N–H and O–H groups in total. The SMILES string of the molecule is CC(C)(C)OC(=O)N1CC2CN(CC(=O)O)CC2C1. The van der Waals surface area contributed by atoms with Crippen LogP contribution in [0.15, 0.2) is 0 Å². The maximum Gasteiger partial charge on any atom is 0.410 e. The molecule has 2 aliphatic heterocycles. The number of hydrogen-bond donors (Lipinski definition) is 1. The number of carboxylic acid groups (broad SMARTS) is 1. The molecule has 0 bridgehead atoms. The van der Waals surface area contributed by atoms with E-state index in [1.807, 2.05) is 25.7 Å². The number of likely N-dealkylation sites (tertiary alicyclic amines) is 2. The largest absolute Gasteiger partial charge is 0.480 e. The molecule has 2 unspecified atom stereocenters. The first kappa shape index (κ1) is 14.1. The monoisotopic (exact) mass is 270 g/mol. The van der Waals surface area contributed by atoms with Crippen molar-refractivity contribution in [1.82, 2.24) is 9.80 Å². The Morgan fingerprint density at radius 1 is 1.16 bits per heavy atom. The van der Waals surface area contributed by atoms with Crippen LogP contribution in [0.2, 0.25) is 0 Å². The second kappa shape index (κ2) is 5.00. The lowest BCUT2D eigenvalue weighted by Gasteiger charge is -2.25. The van der Waals surface area contributed by atoms with Crippen LogP contribution in [0.5, 0.6) is 0 Å². The Labute approximate surface area is 113 Å². The van der Waals surface area contributed by atoms with Gasteiger partial charge in [0, 0.05) is 26.2 Å². The number of carboxylic acids is 1. The first-order chi connectivity index (χ1) is 8.74. The van der Waals surface area contributed by atoms with Crippen molar-refractivity contribution in [2.75, 3.05) is 32.7 Å². The van der Waals surface area contributed by atoms with Crippen molar-refractivity contribution in [2.45, 2.75) is 26.4 Å². The van der Waals surface area contributed by atoms with Crippen LogP contribution in [0.25, 0.3) is 0 Å². The zero-order valence-corrected chi connectivity index (χ0v) is 11.8. The normalized spacial score (nSPS) is 27.4. The van der Waals surface area contributed by atoms with E-state index < -0.39 is 11.6 Å². The second-order valence-corrected chi connectivity index (χ2v) is 6.49. The predicted molar refractivity (Wildman–Crippen MR) is 68.9 cm³/mol. The van der Waals surface area contributed by atoms with Crippen LogP contribution in [-0.4, -0.2) is 65.3 Å². The van der Waals surface area contributed by atoms with Gasteiger partial charge in [-0.2, -0.15) is 0 Å². The van der Waals surface area contributed by atoms with Gasteiger partial charge in [0.1, 0.15) is 5.60 Å². The smallest absolute Gasteiger partial charge is 0.410 e. The van der Waals surface area contributed by atoms with E-state index >= 15 is 0 Å². The van der Waals surface area contributed by atoms with Crippen LogP contribution in [0.4, 0.5) is 4.79 Å². The molecule has 0 saturated carbocycles. The molecule has 19 heavy (non-hydrogen) atoms. The molecule has 0 radical (unpaired) electrons. The van der Waals surface area contributed by atoms with Crippen molar-refractivity contribution in [1.29, 1.82) is 0 Å². The van der Waals surface area contributed by atoms with Crippen LogP contribution in [0.3, 0.4) is 0 Å². The average Bonchev–Trinajstić information content (AvgIpc) is 2.70. The zero-order valence-electron chi connectivity index (χ0n) is 11.8. The quantitative estimate of drug-likeness (QED) is 0.806. The molecule has 2 rings (SSSR count). The Morgan fingerprint density at radius 2 is 1.68 bits per heavy atom. The lowest BCUT2D eigenvalue weighted by molar-refractivity contribution is -0.138. The van der Waals surface area contributed by atoms with Crippen LogP contribution < -0.4 is 0 Å². The van der Waals surface area contributed by atoms with Gasteiger partial charge in [-0.15, -0.1) is 0 Å². The van der Waals surface area contributed by atoms with Gasteiger partial charge >= 0.3 is 12.1 Å². The summed E-state index contributed by atoms with van der Waals surface area (Å²) in [6.45, 7) is 8.54. The standard InChI is InChI=1S/C13H22N2O4/c1-13(2,3)19-12(18)15-6-9-4-14(8-11(16)17)5-10(9)7-15/h9-10H,4-8H2,1-3H3,(H,16,17). The van der Waals surface area contributed by atoms with Crippen molar-refractivity contribution < 1.29 is 19.4 Å². The third kappa shape index (κ3) is 3.59. The molecule has 2 heterocycles. The molecule has 1 amide bonds. The highest BCUT2D eigenvalue weighted by Gasteiger charge is 2.42. The topological polar surface area (TPSA) is 70.1 Å². The molecule has 2 fully saturated rings. The van der Waals surface area contributed by atoms with E-state index in [9.17, 15) is 9.59 Å². The number of carbonyl (C=O) groups is 2. The molecule has 0 spiro atoms. The fourth-order valence-corrected chi connectivity index (χ4v) is 2.89. The lowest BCUT2D eigenvalue weighted by atomic mass is 10.0. The van der Waals surface area contributed by atoms with Crippen molar-refractivity contribution in [3.63, 3.8) is 0 Å². The van der Waals surface area contributed by atoms with Crippen LogP contribution >= 0.6 is 0 Å². The van der Waals surface area contributed by atoms with Gasteiger partial charge in [0.05, 0.1) is 6.54 Å². The summed E-state index contributed by atoms with van der Waals surface area (Å²) in [6, 6.07) is 0. The van der Waals surface area contributed by atoms with E-state index in [1.165, 1.54) is 0 Å². The first-order valence-corrected chi connectivity index (χ1v) is 6.66. The number of carbonyl (C=O) groups excluding carboxylic acids is 1. The number of rotatable bonds is 2. The number of aliphatic carboxylic acids is 1. The summed E-state index contributed by atoms with van der Waals surface area (Å²) in [5, 5.41) is 8.78. The lowest BCUT2D eigenvalue weighted by Crippen LogP contribution is -2.38. The van der Waals surface area contributed by atoms with Crippen molar-refractivity contribution in [2.24, 2.45) is 11.8 Å². The maximum absolute atomic E-state index is 11.9. The molecule has 0 aromatic heterocycles. The number of fused-ring (bicyclic) bond motifs is 1. The number of amides is 1. The van der Waals surface area contributed by atoms with Crippen LogP contribution in [0.1, 0.15) is 20.8 Å².